The number of hydrogen-bond acceptors (Lipinski definition) is 5. The summed E-state index contributed by atoms with van der Waals surface area (Å²) in [6, 6.07) is 0.527. The van der Waals surface area contributed by atoms with Crippen molar-refractivity contribution >= 4 is 11.8 Å². The van der Waals surface area contributed by atoms with Gasteiger partial charge >= 0.3 is 6.18 Å². The lowest BCUT2D eigenvalue weighted by Crippen LogP contribution is -2.35. The first-order valence-corrected chi connectivity index (χ1v) is 9.45. The summed E-state index contributed by atoms with van der Waals surface area (Å²) in [7, 11) is 3.27. The molecule has 3 rings (SSSR count). The summed E-state index contributed by atoms with van der Waals surface area (Å²) in [6.07, 6.45) is -1.75. The summed E-state index contributed by atoms with van der Waals surface area (Å²) in [5.41, 5.74) is 0.123. The molecule has 1 aliphatic heterocycles. The van der Waals surface area contributed by atoms with Gasteiger partial charge in [0.15, 0.2) is 11.5 Å². The molecule has 11 heteroatoms. The lowest BCUT2D eigenvalue weighted by molar-refractivity contribution is -0.142. The number of likely N-dealkylation sites (tertiary alicyclic amines) is 1. The Labute approximate surface area is 171 Å². The molecule has 1 aliphatic rings. The number of hydrogen-bond donors (Lipinski definition) is 0. The normalized spacial score (nSPS) is 16.8. The van der Waals surface area contributed by atoms with Gasteiger partial charge in [-0.25, -0.2) is 9.97 Å². The molecule has 2 aromatic heterocycles. The zero-order valence-electron chi connectivity index (χ0n) is 17.2. The summed E-state index contributed by atoms with van der Waals surface area (Å²) in [5.74, 6) is -0.151. The highest BCUT2D eigenvalue weighted by Crippen LogP contribution is 2.31. The minimum absolute atomic E-state index is 0.215. The smallest absolute Gasteiger partial charge is 0.345 e. The third-order valence-corrected chi connectivity index (χ3v) is 5.06. The van der Waals surface area contributed by atoms with Gasteiger partial charge < -0.3 is 9.80 Å². The van der Waals surface area contributed by atoms with Crippen LogP contribution in [0.3, 0.4) is 0 Å². The van der Waals surface area contributed by atoms with Gasteiger partial charge in [-0.15, -0.1) is 0 Å². The maximum atomic E-state index is 12.9. The number of rotatable bonds is 4. The van der Waals surface area contributed by atoms with E-state index in [4.69, 9.17) is 0 Å². The monoisotopic (exact) mass is 424 g/mol. The minimum Gasteiger partial charge on any atom is -0.345 e. The van der Waals surface area contributed by atoms with Crippen LogP contribution >= 0.6 is 0 Å². The molecule has 0 saturated carbocycles. The highest BCUT2D eigenvalue weighted by atomic mass is 19.4. The molecule has 2 amide bonds. The highest BCUT2D eigenvalue weighted by molar-refractivity contribution is 5.94. The van der Waals surface area contributed by atoms with Gasteiger partial charge in [-0.2, -0.15) is 18.3 Å². The number of halogens is 3. The molecule has 162 valence electrons. The van der Waals surface area contributed by atoms with Gasteiger partial charge in [-0.1, -0.05) is 0 Å². The van der Waals surface area contributed by atoms with Crippen molar-refractivity contribution in [1.82, 2.24) is 29.5 Å². The van der Waals surface area contributed by atoms with Gasteiger partial charge in [0.2, 0.25) is 5.91 Å². The molecule has 0 N–H and O–H groups in total. The Bertz CT molecular complexity index is 970. The average molecular weight is 424 g/mol. The van der Waals surface area contributed by atoms with Crippen LogP contribution in [-0.2, 0) is 17.5 Å². The SMILES string of the molecule is Cc1nc(C2CCCN2C(=O)Cn2nc(C(F)(F)F)cc2C)ncc1C(=O)N(C)C. The molecule has 30 heavy (non-hydrogen) atoms. The van der Waals surface area contributed by atoms with Crippen LogP contribution in [0.1, 0.15) is 52.1 Å². The third-order valence-electron chi connectivity index (χ3n) is 5.06. The molecule has 1 atom stereocenters. The first-order chi connectivity index (χ1) is 14.0. The third kappa shape index (κ3) is 4.29. The largest absolute Gasteiger partial charge is 0.435 e. The highest BCUT2D eigenvalue weighted by Gasteiger charge is 2.36. The van der Waals surface area contributed by atoms with Crippen molar-refractivity contribution < 1.29 is 22.8 Å². The molecular weight excluding hydrogens is 401 g/mol. The van der Waals surface area contributed by atoms with E-state index >= 15 is 0 Å². The second-order valence-electron chi connectivity index (χ2n) is 7.50. The molecule has 1 unspecified atom stereocenters. The van der Waals surface area contributed by atoms with Crippen LogP contribution in [0.2, 0.25) is 0 Å². The Hall–Kier alpha value is -2.98. The molecule has 0 aliphatic carbocycles. The van der Waals surface area contributed by atoms with Crippen molar-refractivity contribution in [3.63, 3.8) is 0 Å². The van der Waals surface area contributed by atoms with E-state index in [-0.39, 0.29) is 24.1 Å². The van der Waals surface area contributed by atoms with Gasteiger partial charge in [0.1, 0.15) is 6.54 Å². The van der Waals surface area contributed by atoms with Crippen LogP contribution in [0.5, 0.6) is 0 Å². The van der Waals surface area contributed by atoms with E-state index in [2.05, 4.69) is 15.1 Å². The van der Waals surface area contributed by atoms with E-state index in [1.807, 2.05) is 0 Å². The summed E-state index contributed by atoms with van der Waals surface area (Å²) in [4.78, 5) is 36.7. The molecule has 1 saturated heterocycles. The topological polar surface area (TPSA) is 84.2 Å². The number of aryl methyl sites for hydroxylation is 2. The number of amides is 2. The van der Waals surface area contributed by atoms with Gasteiger partial charge in [-0.3, -0.25) is 14.3 Å². The van der Waals surface area contributed by atoms with Gasteiger partial charge in [0, 0.05) is 32.5 Å². The van der Waals surface area contributed by atoms with Crippen molar-refractivity contribution in [1.29, 1.82) is 0 Å². The van der Waals surface area contributed by atoms with Crippen molar-refractivity contribution in [2.45, 2.75) is 45.5 Å². The number of carbonyl (C=O) groups is 2. The van der Waals surface area contributed by atoms with Crippen molar-refractivity contribution in [3.05, 3.63) is 40.7 Å². The fourth-order valence-electron chi connectivity index (χ4n) is 3.46. The minimum atomic E-state index is -4.56. The van der Waals surface area contributed by atoms with Gasteiger partial charge in [-0.05, 0) is 32.8 Å². The van der Waals surface area contributed by atoms with Gasteiger partial charge in [0.25, 0.3) is 5.91 Å². The molecule has 0 aromatic carbocycles. The van der Waals surface area contributed by atoms with Crippen LogP contribution in [0, 0.1) is 13.8 Å². The van der Waals surface area contributed by atoms with E-state index in [9.17, 15) is 22.8 Å². The van der Waals surface area contributed by atoms with Crippen LogP contribution in [-0.4, -0.2) is 62.0 Å². The summed E-state index contributed by atoms with van der Waals surface area (Å²) < 4.78 is 39.7. The molecule has 2 aromatic rings. The standard InChI is InChI=1S/C19H23F3N6O2/c1-11-8-15(19(20,21)22)25-28(11)10-16(29)27-7-5-6-14(27)17-23-9-13(12(2)24-17)18(30)26(3)4/h8-9,14H,5-7,10H2,1-4H3. The first-order valence-electron chi connectivity index (χ1n) is 9.45. The Morgan fingerprint density at radius 2 is 1.97 bits per heavy atom. The van der Waals surface area contributed by atoms with Gasteiger partial charge in [0.05, 0.1) is 17.3 Å². The summed E-state index contributed by atoms with van der Waals surface area (Å²) in [6.45, 7) is 3.34. The summed E-state index contributed by atoms with van der Waals surface area (Å²) >= 11 is 0. The van der Waals surface area contributed by atoms with Crippen molar-refractivity contribution in [2.24, 2.45) is 0 Å². The second-order valence-corrected chi connectivity index (χ2v) is 7.50. The van der Waals surface area contributed by atoms with E-state index in [1.54, 1.807) is 25.9 Å². The second kappa shape index (κ2) is 8.04. The Morgan fingerprint density at radius 3 is 2.53 bits per heavy atom. The Morgan fingerprint density at radius 1 is 1.27 bits per heavy atom. The van der Waals surface area contributed by atoms with Crippen LogP contribution in [0.25, 0.3) is 0 Å². The molecule has 0 spiro atoms. The first kappa shape index (κ1) is 21.7. The van der Waals surface area contributed by atoms with E-state index in [0.717, 1.165) is 17.2 Å². The Balaban J connectivity index is 1.79. The molecule has 0 radical (unpaired) electrons. The lowest BCUT2D eigenvalue weighted by atomic mass is 10.1. The maximum absolute atomic E-state index is 12.9. The molecule has 0 bridgehead atoms. The van der Waals surface area contributed by atoms with Crippen molar-refractivity contribution in [3.8, 4) is 0 Å². The fraction of sp³-hybridized carbons (Fsp3) is 0.526. The number of carbonyl (C=O) groups excluding carboxylic acids is 2. The number of alkyl halides is 3. The van der Waals surface area contributed by atoms with Crippen LogP contribution in [0.15, 0.2) is 12.3 Å². The average Bonchev–Trinajstić information content (AvgIpc) is 3.28. The zero-order valence-corrected chi connectivity index (χ0v) is 17.2. The van der Waals surface area contributed by atoms with Crippen LogP contribution in [0.4, 0.5) is 13.2 Å². The Kier molecular flexibility index (Phi) is 5.82. The number of nitrogens with zero attached hydrogens (tertiary/aromatic N) is 6. The zero-order chi connectivity index (χ0) is 22.2. The quantitative estimate of drug-likeness (QED) is 0.753. The maximum Gasteiger partial charge on any atom is 0.435 e. The fourth-order valence-corrected chi connectivity index (χ4v) is 3.46. The predicted molar refractivity (Wildman–Crippen MR) is 100 cm³/mol. The molecular formula is C19H23F3N6O2. The predicted octanol–water partition coefficient (Wildman–Crippen LogP) is 2.37. The van der Waals surface area contributed by atoms with Crippen molar-refractivity contribution in [2.75, 3.05) is 20.6 Å². The molecule has 8 nitrogen and oxygen atoms in total. The van der Waals surface area contributed by atoms with Crippen LogP contribution < -0.4 is 0 Å². The summed E-state index contributed by atoms with van der Waals surface area (Å²) in [5, 5.41) is 3.52. The van der Waals surface area contributed by atoms with E-state index in [0.29, 0.717) is 30.0 Å². The van der Waals surface area contributed by atoms with E-state index in [1.165, 1.54) is 18.0 Å². The molecule has 1 fully saturated rings. The van der Waals surface area contributed by atoms with E-state index < -0.39 is 17.9 Å². The lowest BCUT2D eigenvalue weighted by Gasteiger charge is -2.24. The number of aromatic nitrogens is 4. The molecule has 3 heterocycles.